The van der Waals surface area contributed by atoms with Crippen molar-refractivity contribution >= 4 is 33.6 Å². The van der Waals surface area contributed by atoms with E-state index < -0.39 is 74.1 Å². The van der Waals surface area contributed by atoms with E-state index in [1.165, 1.54) is 4.90 Å². The van der Waals surface area contributed by atoms with Crippen LogP contribution < -0.4 is 4.72 Å². The first-order valence-electron chi connectivity index (χ1n) is 15.4. The lowest BCUT2D eigenvalue weighted by Crippen LogP contribution is -2.48. The third-order valence-corrected chi connectivity index (χ3v) is 11.2. The SMILES string of the molecule is C=CCCC(C)C[C@@H](C)C(CC(=O)OC(C)(C)C)C(=O)N1C[C@H](O)C[C@H]1C(=O)CC1(C(=O)NS(=O)(=O)C2(CF)CC2)CC1. The average Bonchev–Trinajstić information content (AvgIpc) is 3.82. The van der Waals surface area contributed by atoms with Crippen LogP contribution in [0.5, 0.6) is 0 Å². The van der Waals surface area contributed by atoms with Gasteiger partial charge in [-0.25, -0.2) is 12.8 Å². The van der Waals surface area contributed by atoms with Gasteiger partial charge in [0.1, 0.15) is 17.0 Å². The van der Waals surface area contributed by atoms with E-state index in [4.69, 9.17) is 4.74 Å². The van der Waals surface area contributed by atoms with Crippen LogP contribution in [-0.4, -0.2) is 77.7 Å². The van der Waals surface area contributed by atoms with Crippen LogP contribution in [0, 0.1) is 23.2 Å². The minimum Gasteiger partial charge on any atom is -0.460 e. The Balaban J connectivity index is 1.76. The highest BCUT2D eigenvalue weighted by Gasteiger charge is 2.59. The summed E-state index contributed by atoms with van der Waals surface area (Å²) in [7, 11) is -4.23. The topological polar surface area (TPSA) is 147 Å². The Morgan fingerprint density at radius 2 is 1.79 bits per heavy atom. The van der Waals surface area contributed by atoms with E-state index in [9.17, 15) is 37.1 Å². The molecule has 3 rings (SSSR count). The fourth-order valence-electron chi connectivity index (χ4n) is 6.03. The number of hydrogen-bond donors (Lipinski definition) is 2. The highest BCUT2D eigenvalue weighted by Crippen LogP contribution is 2.51. The number of Topliss-reactive ketones (excluding diaryl/α,β-unsaturated/α-hetero) is 1. The lowest BCUT2D eigenvalue weighted by molar-refractivity contribution is -0.160. The first-order valence-corrected chi connectivity index (χ1v) is 16.8. The van der Waals surface area contributed by atoms with Gasteiger partial charge in [0.2, 0.25) is 21.8 Å². The van der Waals surface area contributed by atoms with Crippen LogP contribution in [0.1, 0.15) is 98.8 Å². The number of esters is 1. The molecule has 1 aliphatic heterocycles. The summed E-state index contributed by atoms with van der Waals surface area (Å²) in [6.07, 6.45) is 3.54. The van der Waals surface area contributed by atoms with Crippen molar-refractivity contribution in [1.29, 1.82) is 0 Å². The summed E-state index contributed by atoms with van der Waals surface area (Å²) >= 11 is 0. The number of aliphatic hydroxyl groups is 1. The number of hydrogen-bond acceptors (Lipinski definition) is 8. The molecule has 2 saturated carbocycles. The van der Waals surface area contributed by atoms with Gasteiger partial charge in [0.25, 0.3) is 0 Å². The number of ketones is 1. The molecule has 3 fully saturated rings. The minimum absolute atomic E-state index is 0.0190. The zero-order chi connectivity index (χ0) is 32.4. The maximum absolute atomic E-state index is 14.0. The van der Waals surface area contributed by atoms with Gasteiger partial charge in [-0.2, -0.15) is 0 Å². The third kappa shape index (κ3) is 8.65. The number of amides is 2. The van der Waals surface area contributed by atoms with E-state index in [1.54, 1.807) is 20.8 Å². The van der Waals surface area contributed by atoms with Crippen LogP contribution in [0.15, 0.2) is 12.7 Å². The lowest BCUT2D eigenvalue weighted by Gasteiger charge is -2.32. The predicted molar refractivity (Wildman–Crippen MR) is 159 cm³/mol. The summed E-state index contributed by atoms with van der Waals surface area (Å²) in [5, 5.41) is 10.5. The molecule has 0 spiro atoms. The smallest absolute Gasteiger partial charge is 0.307 e. The van der Waals surface area contributed by atoms with E-state index >= 15 is 0 Å². The molecule has 0 aromatic carbocycles. The first-order chi connectivity index (χ1) is 19.9. The zero-order valence-corrected chi connectivity index (χ0v) is 27.0. The molecule has 2 N–H and O–H groups in total. The number of β-amino-alcohol motifs (C(OH)–C–C–N with tert-alkyl or cyclic N) is 1. The van der Waals surface area contributed by atoms with Crippen LogP contribution >= 0.6 is 0 Å². The molecule has 12 heteroatoms. The normalized spacial score (nSPS) is 24.4. The molecule has 0 bridgehead atoms. The number of aliphatic hydroxyl groups excluding tert-OH is 1. The van der Waals surface area contributed by atoms with Gasteiger partial charge in [-0.15, -0.1) is 6.58 Å². The Hall–Kier alpha value is -2.34. The van der Waals surface area contributed by atoms with Crippen molar-refractivity contribution in [2.75, 3.05) is 13.2 Å². The number of sulfonamides is 1. The number of allylic oxidation sites excluding steroid dienone is 1. The van der Waals surface area contributed by atoms with Crippen molar-refractivity contribution in [2.45, 2.75) is 121 Å². The molecule has 3 aliphatic rings. The van der Waals surface area contributed by atoms with Gasteiger partial charge in [-0.3, -0.25) is 23.9 Å². The minimum atomic E-state index is -4.23. The van der Waals surface area contributed by atoms with Crippen LogP contribution in [0.3, 0.4) is 0 Å². The van der Waals surface area contributed by atoms with E-state index in [-0.39, 0.29) is 63.3 Å². The van der Waals surface area contributed by atoms with Gasteiger partial charge < -0.3 is 14.7 Å². The lowest BCUT2D eigenvalue weighted by atomic mass is 9.82. The van der Waals surface area contributed by atoms with Gasteiger partial charge >= 0.3 is 5.97 Å². The molecule has 0 aromatic rings. The molecule has 2 amide bonds. The number of halogens is 1. The molecule has 0 radical (unpaired) electrons. The number of carbonyl (C=O) groups excluding carboxylic acids is 4. The van der Waals surface area contributed by atoms with E-state index in [0.717, 1.165) is 12.8 Å². The number of nitrogens with one attached hydrogen (secondary N) is 1. The molecule has 1 heterocycles. The standard InChI is InChI=1S/C31H49FN2O8S/c1-7-8-9-20(2)14-21(3)23(16-26(37)42-29(4,5)6)27(38)34-18-22(35)15-24(34)25(36)17-30(10-11-30)28(39)33-43(40,41)31(19-32)12-13-31/h7,20-24,35H,1,8-19H2,2-6H3,(H,33,39)/t20?,21-,22-,23?,24+/m1/s1. The maximum Gasteiger partial charge on any atom is 0.307 e. The second-order valence-corrected chi connectivity index (χ2v) is 16.2. The maximum atomic E-state index is 14.0. The largest absolute Gasteiger partial charge is 0.460 e. The average molecular weight is 629 g/mol. The Morgan fingerprint density at radius 1 is 1.16 bits per heavy atom. The first kappa shape index (κ1) is 35.1. The Labute approximate surface area is 255 Å². The Bertz CT molecular complexity index is 1190. The molecule has 0 aromatic heterocycles. The van der Waals surface area contributed by atoms with Gasteiger partial charge in [0, 0.05) is 19.4 Å². The summed E-state index contributed by atoms with van der Waals surface area (Å²) in [4.78, 5) is 54.9. The summed E-state index contributed by atoms with van der Waals surface area (Å²) in [6, 6.07) is -1.02. The van der Waals surface area contributed by atoms with Gasteiger partial charge in [0.15, 0.2) is 5.78 Å². The molecule has 2 unspecified atom stereocenters. The second kappa shape index (κ2) is 13.3. The number of ether oxygens (including phenoxy) is 1. The van der Waals surface area contributed by atoms with E-state index in [0.29, 0.717) is 6.42 Å². The summed E-state index contributed by atoms with van der Waals surface area (Å²) < 4.78 is 44.6. The highest BCUT2D eigenvalue weighted by molar-refractivity contribution is 7.91. The fourth-order valence-corrected chi connectivity index (χ4v) is 7.49. The van der Waals surface area contributed by atoms with Crippen LogP contribution in [0.25, 0.3) is 0 Å². The van der Waals surface area contributed by atoms with Gasteiger partial charge in [0.05, 0.1) is 29.9 Å². The second-order valence-electron chi connectivity index (χ2n) is 14.2. The third-order valence-electron chi connectivity index (χ3n) is 9.08. The van der Waals surface area contributed by atoms with Crippen molar-refractivity contribution in [2.24, 2.45) is 23.2 Å². The molecular weight excluding hydrogens is 579 g/mol. The molecular formula is C31H49FN2O8S. The predicted octanol–water partition coefficient (Wildman–Crippen LogP) is 3.61. The quantitative estimate of drug-likeness (QED) is 0.195. The number of nitrogens with zero attached hydrogens (tertiary/aromatic N) is 1. The zero-order valence-electron chi connectivity index (χ0n) is 26.2. The van der Waals surface area contributed by atoms with Crippen molar-refractivity contribution in [3.05, 3.63) is 12.7 Å². The van der Waals surface area contributed by atoms with Gasteiger partial charge in [-0.05, 0) is 77.6 Å². The number of alkyl halides is 1. The fraction of sp³-hybridized carbons (Fsp3) is 0.806. The Morgan fingerprint density at radius 3 is 2.30 bits per heavy atom. The highest BCUT2D eigenvalue weighted by atomic mass is 32.2. The van der Waals surface area contributed by atoms with E-state index in [1.807, 2.05) is 17.7 Å². The number of likely N-dealkylation sites (tertiary alicyclic amines) is 1. The number of rotatable bonds is 16. The summed E-state index contributed by atoms with van der Waals surface area (Å²) in [6.45, 7) is 11.8. The molecule has 5 atom stereocenters. The van der Waals surface area contributed by atoms with Crippen molar-refractivity contribution in [3.63, 3.8) is 0 Å². The number of carbonyl (C=O) groups is 4. The molecule has 244 valence electrons. The summed E-state index contributed by atoms with van der Waals surface area (Å²) in [5.74, 6) is -3.02. The molecule has 2 aliphatic carbocycles. The van der Waals surface area contributed by atoms with Crippen molar-refractivity contribution < 1.29 is 41.8 Å². The monoisotopic (exact) mass is 628 g/mol. The van der Waals surface area contributed by atoms with Crippen molar-refractivity contribution in [1.82, 2.24) is 9.62 Å². The molecule has 10 nitrogen and oxygen atoms in total. The van der Waals surface area contributed by atoms with Crippen LogP contribution in [0.4, 0.5) is 4.39 Å². The van der Waals surface area contributed by atoms with Crippen LogP contribution in [0.2, 0.25) is 0 Å². The van der Waals surface area contributed by atoms with E-state index in [2.05, 4.69) is 13.5 Å². The van der Waals surface area contributed by atoms with Crippen molar-refractivity contribution in [3.8, 4) is 0 Å². The summed E-state index contributed by atoms with van der Waals surface area (Å²) in [5.41, 5.74) is -1.99. The Kier molecular flexibility index (Phi) is 10.9. The molecule has 1 saturated heterocycles. The molecule has 43 heavy (non-hydrogen) atoms. The van der Waals surface area contributed by atoms with Gasteiger partial charge in [-0.1, -0.05) is 19.9 Å². The van der Waals surface area contributed by atoms with Crippen LogP contribution in [-0.2, 0) is 33.9 Å².